The lowest BCUT2D eigenvalue weighted by Crippen LogP contribution is -2.21. The normalized spacial score (nSPS) is 11.0. The van der Waals surface area contributed by atoms with Crippen LogP contribution >= 0.6 is 11.3 Å². The van der Waals surface area contributed by atoms with Crippen molar-refractivity contribution < 1.29 is 9.53 Å². The molecule has 0 aliphatic carbocycles. The number of aryl methyl sites for hydroxylation is 1. The Morgan fingerprint density at radius 2 is 1.74 bits per heavy atom. The zero-order valence-corrected chi connectivity index (χ0v) is 17.3. The number of hydrogen-bond acceptors (Lipinski definition) is 5. The molecule has 6 nitrogen and oxygen atoms in total. The first kappa shape index (κ1) is 19.0. The zero-order chi connectivity index (χ0) is 21.4. The second-order valence-corrected chi connectivity index (χ2v) is 8.02. The monoisotopic (exact) mass is 427 g/mol. The number of ether oxygens (including phenoxy) is 1. The van der Waals surface area contributed by atoms with E-state index >= 15 is 0 Å². The Kier molecular flexibility index (Phi) is 4.72. The van der Waals surface area contributed by atoms with E-state index in [-0.39, 0.29) is 11.5 Å². The molecule has 1 N–H and O–H groups in total. The van der Waals surface area contributed by atoms with Crippen molar-refractivity contribution in [2.75, 3.05) is 5.32 Å². The fourth-order valence-electron chi connectivity index (χ4n) is 3.41. The summed E-state index contributed by atoms with van der Waals surface area (Å²) in [5.41, 5.74) is 1.55. The molecule has 0 bridgehead atoms. The van der Waals surface area contributed by atoms with Gasteiger partial charge in [-0.25, -0.2) is 4.98 Å². The van der Waals surface area contributed by atoms with E-state index in [0.717, 1.165) is 16.0 Å². The van der Waals surface area contributed by atoms with Gasteiger partial charge in [-0.1, -0.05) is 47.7 Å². The molecule has 0 saturated carbocycles. The van der Waals surface area contributed by atoms with Crippen LogP contribution in [0.2, 0.25) is 0 Å². The van der Waals surface area contributed by atoms with E-state index in [2.05, 4.69) is 10.3 Å². The maximum atomic E-state index is 13.0. The molecule has 1 amide bonds. The number of thiazole rings is 1. The van der Waals surface area contributed by atoms with Gasteiger partial charge in [0.15, 0.2) is 5.13 Å². The molecule has 2 aromatic heterocycles. The van der Waals surface area contributed by atoms with Crippen LogP contribution in [-0.2, 0) is 7.05 Å². The summed E-state index contributed by atoms with van der Waals surface area (Å²) in [6, 6.07) is 23.8. The minimum atomic E-state index is -0.367. The van der Waals surface area contributed by atoms with Gasteiger partial charge in [0.05, 0.1) is 21.3 Å². The highest BCUT2D eigenvalue weighted by atomic mass is 32.1. The zero-order valence-electron chi connectivity index (χ0n) is 16.5. The Bertz CT molecular complexity index is 1490. The van der Waals surface area contributed by atoms with Crippen LogP contribution in [0.5, 0.6) is 11.5 Å². The first-order valence-corrected chi connectivity index (χ1v) is 10.4. The summed E-state index contributed by atoms with van der Waals surface area (Å²) in [5.74, 6) is 1.07. The minimum absolute atomic E-state index is 0.240. The highest BCUT2D eigenvalue weighted by Crippen LogP contribution is 2.31. The van der Waals surface area contributed by atoms with Gasteiger partial charge in [0.2, 0.25) is 0 Å². The first-order chi connectivity index (χ1) is 15.1. The lowest BCUT2D eigenvalue weighted by atomic mass is 10.1. The van der Waals surface area contributed by atoms with E-state index < -0.39 is 0 Å². The van der Waals surface area contributed by atoms with E-state index in [1.54, 1.807) is 7.05 Å². The number of amides is 1. The average Bonchev–Trinajstić information content (AvgIpc) is 3.18. The number of para-hydroxylation sites is 2. The molecule has 5 aromatic rings. The number of fused-ring (bicyclic) bond motifs is 2. The van der Waals surface area contributed by atoms with Crippen LogP contribution in [0, 0.1) is 0 Å². The number of pyridine rings is 1. The van der Waals surface area contributed by atoms with Crippen LogP contribution in [0.15, 0.2) is 83.7 Å². The number of nitrogens with one attached hydrogen (secondary N) is 1. The SMILES string of the molecule is Cn1c(=O)cc(C(=O)Nc2nc3ccc(Oc4ccccc4)cc3s2)c2ccccc21. The number of nitrogens with zero attached hydrogens (tertiary/aromatic N) is 2. The smallest absolute Gasteiger partial charge is 0.258 e. The molecule has 3 aromatic carbocycles. The molecule has 2 heterocycles. The molecule has 0 fully saturated rings. The number of rotatable bonds is 4. The predicted octanol–water partition coefficient (Wildman–Crippen LogP) is 5.19. The first-order valence-electron chi connectivity index (χ1n) is 9.62. The summed E-state index contributed by atoms with van der Waals surface area (Å²) in [4.78, 5) is 29.7. The third-order valence-corrected chi connectivity index (χ3v) is 5.89. The van der Waals surface area contributed by atoms with E-state index in [1.807, 2.05) is 72.8 Å². The molecule has 7 heteroatoms. The Balaban J connectivity index is 1.44. The highest BCUT2D eigenvalue weighted by Gasteiger charge is 2.15. The summed E-state index contributed by atoms with van der Waals surface area (Å²) in [7, 11) is 1.69. The topological polar surface area (TPSA) is 73.2 Å². The van der Waals surface area contributed by atoms with Gasteiger partial charge in [0.25, 0.3) is 11.5 Å². The molecule has 0 unspecified atom stereocenters. The van der Waals surface area contributed by atoms with Crippen molar-refractivity contribution in [3.05, 3.63) is 94.8 Å². The van der Waals surface area contributed by atoms with Crippen LogP contribution in [0.3, 0.4) is 0 Å². The van der Waals surface area contributed by atoms with E-state index in [0.29, 0.717) is 27.3 Å². The molecular weight excluding hydrogens is 410 g/mol. The second kappa shape index (κ2) is 7.70. The van der Waals surface area contributed by atoms with Gasteiger partial charge < -0.3 is 9.30 Å². The van der Waals surface area contributed by atoms with Crippen LogP contribution in [0.25, 0.3) is 21.1 Å². The minimum Gasteiger partial charge on any atom is -0.457 e. The lowest BCUT2D eigenvalue weighted by Gasteiger charge is -2.09. The van der Waals surface area contributed by atoms with Crippen molar-refractivity contribution in [1.29, 1.82) is 0 Å². The van der Waals surface area contributed by atoms with Gasteiger partial charge in [-0.05, 0) is 30.3 Å². The van der Waals surface area contributed by atoms with Crippen LogP contribution in [0.1, 0.15) is 10.4 Å². The molecule has 0 aliphatic rings. The molecule has 152 valence electrons. The average molecular weight is 427 g/mol. The third kappa shape index (κ3) is 3.67. The van der Waals surface area contributed by atoms with Gasteiger partial charge in [-0.2, -0.15) is 0 Å². The van der Waals surface area contributed by atoms with E-state index in [9.17, 15) is 9.59 Å². The summed E-state index contributed by atoms with van der Waals surface area (Å²) < 4.78 is 8.29. The summed E-state index contributed by atoms with van der Waals surface area (Å²) in [6.45, 7) is 0. The van der Waals surface area contributed by atoms with Crippen molar-refractivity contribution in [2.24, 2.45) is 7.05 Å². The predicted molar refractivity (Wildman–Crippen MR) is 123 cm³/mol. The Labute approximate surface area is 181 Å². The Morgan fingerprint density at radius 3 is 2.58 bits per heavy atom. The van der Waals surface area contributed by atoms with E-state index in [1.165, 1.54) is 22.0 Å². The van der Waals surface area contributed by atoms with E-state index in [4.69, 9.17) is 4.74 Å². The third-order valence-electron chi connectivity index (χ3n) is 4.96. The maximum Gasteiger partial charge on any atom is 0.258 e. The summed E-state index contributed by atoms with van der Waals surface area (Å²) in [6.07, 6.45) is 0. The fraction of sp³-hybridized carbons (Fsp3) is 0.0417. The summed E-state index contributed by atoms with van der Waals surface area (Å²) >= 11 is 1.35. The van der Waals surface area contributed by atoms with Crippen LogP contribution < -0.4 is 15.6 Å². The molecule has 0 aliphatic heterocycles. The summed E-state index contributed by atoms with van der Waals surface area (Å²) in [5, 5.41) is 4.00. The van der Waals surface area contributed by atoms with Crippen LogP contribution in [0.4, 0.5) is 5.13 Å². The fourth-order valence-corrected chi connectivity index (χ4v) is 4.30. The van der Waals surface area contributed by atoms with Gasteiger partial charge in [0.1, 0.15) is 11.5 Å². The largest absolute Gasteiger partial charge is 0.457 e. The number of anilines is 1. The maximum absolute atomic E-state index is 13.0. The van der Waals surface area contributed by atoms with Gasteiger partial charge >= 0.3 is 0 Å². The van der Waals surface area contributed by atoms with Crippen molar-refractivity contribution in [1.82, 2.24) is 9.55 Å². The standard InChI is InChI=1S/C24H17N3O3S/c1-27-20-10-6-5-9-17(20)18(14-22(27)28)23(29)26-24-25-19-12-11-16(13-21(19)31-24)30-15-7-3-2-4-8-15/h2-14H,1H3,(H,25,26,29). The quantitative estimate of drug-likeness (QED) is 0.428. The Morgan fingerprint density at radius 1 is 0.968 bits per heavy atom. The van der Waals surface area contributed by atoms with Gasteiger partial charge in [0, 0.05) is 24.6 Å². The van der Waals surface area contributed by atoms with Crippen LogP contribution in [-0.4, -0.2) is 15.5 Å². The number of aromatic nitrogens is 2. The van der Waals surface area contributed by atoms with Gasteiger partial charge in [-0.15, -0.1) is 0 Å². The molecule has 5 rings (SSSR count). The number of benzene rings is 3. The van der Waals surface area contributed by atoms with Gasteiger partial charge in [-0.3, -0.25) is 14.9 Å². The van der Waals surface area contributed by atoms with Crippen molar-refractivity contribution in [3.63, 3.8) is 0 Å². The molecule has 0 radical (unpaired) electrons. The molecule has 0 atom stereocenters. The molecular formula is C24H17N3O3S. The highest BCUT2D eigenvalue weighted by molar-refractivity contribution is 7.22. The van der Waals surface area contributed by atoms with Crippen molar-refractivity contribution in [3.8, 4) is 11.5 Å². The number of carbonyl (C=O) groups is 1. The van der Waals surface area contributed by atoms with Crippen molar-refractivity contribution in [2.45, 2.75) is 0 Å². The number of carbonyl (C=O) groups excluding carboxylic acids is 1. The number of hydrogen-bond donors (Lipinski definition) is 1. The second-order valence-electron chi connectivity index (χ2n) is 6.99. The lowest BCUT2D eigenvalue weighted by molar-refractivity contribution is 0.102. The Hall–Kier alpha value is -3.97. The molecule has 0 saturated heterocycles. The molecule has 0 spiro atoms. The molecule has 31 heavy (non-hydrogen) atoms. The van der Waals surface area contributed by atoms with Crippen molar-refractivity contribution >= 4 is 43.5 Å².